The minimum Gasteiger partial charge on any atom is -0.307 e. The Labute approximate surface area is 110 Å². The summed E-state index contributed by atoms with van der Waals surface area (Å²) in [5.41, 5.74) is 1.43. The van der Waals surface area contributed by atoms with E-state index in [-0.39, 0.29) is 0 Å². The molecular weight excluding hydrogens is 220 g/mol. The molecule has 0 radical (unpaired) electrons. The lowest BCUT2D eigenvalue weighted by Gasteiger charge is -2.39. The number of benzene rings is 1. The van der Waals surface area contributed by atoms with Crippen LogP contribution in [0.5, 0.6) is 0 Å². The van der Waals surface area contributed by atoms with Crippen molar-refractivity contribution >= 4 is 0 Å². The fourth-order valence-electron chi connectivity index (χ4n) is 3.33. The van der Waals surface area contributed by atoms with Gasteiger partial charge >= 0.3 is 0 Å². The van der Waals surface area contributed by atoms with E-state index in [0.29, 0.717) is 12.1 Å². The van der Waals surface area contributed by atoms with Crippen molar-refractivity contribution in [3.63, 3.8) is 0 Å². The molecule has 98 valence electrons. The van der Waals surface area contributed by atoms with Crippen molar-refractivity contribution in [2.45, 2.75) is 44.8 Å². The molecule has 0 bridgehead atoms. The van der Waals surface area contributed by atoms with Crippen LogP contribution in [0.3, 0.4) is 0 Å². The van der Waals surface area contributed by atoms with Crippen molar-refractivity contribution in [1.29, 1.82) is 0 Å². The van der Waals surface area contributed by atoms with Crippen molar-refractivity contribution in [3.05, 3.63) is 35.9 Å². The first-order valence-corrected chi connectivity index (χ1v) is 7.33. The van der Waals surface area contributed by atoms with Gasteiger partial charge in [0.1, 0.15) is 0 Å². The van der Waals surface area contributed by atoms with Gasteiger partial charge in [0, 0.05) is 31.2 Å². The van der Waals surface area contributed by atoms with Crippen LogP contribution in [0, 0.1) is 5.92 Å². The van der Waals surface area contributed by atoms with Crippen LogP contribution in [0.15, 0.2) is 30.3 Å². The van der Waals surface area contributed by atoms with Gasteiger partial charge in [-0.1, -0.05) is 43.7 Å². The topological polar surface area (TPSA) is 15.3 Å². The summed E-state index contributed by atoms with van der Waals surface area (Å²) < 4.78 is 0. The average molecular weight is 244 g/mol. The molecule has 2 fully saturated rings. The van der Waals surface area contributed by atoms with E-state index in [4.69, 9.17) is 0 Å². The highest BCUT2D eigenvalue weighted by atomic mass is 15.3. The molecule has 1 aliphatic carbocycles. The lowest BCUT2D eigenvalue weighted by molar-refractivity contribution is 0.126. The summed E-state index contributed by atoms with van der Waals surface area (Å²) in [5, 5.41) is 3.69. The summed E-state index contributed by atoms with van der Waals surface area (Å²) in [6, 6.07) is 12.9. The first-order valence-electron chi connectivity index (χ1n) is 7.33. The Hall–Kier alpha value is -0.860. The van der Waals surface area contributed by atoms with Crippen LogP contribution in [0.1, 0.15) is 38.3 Å². The number of nitrogens with one attached hydrogen (secondary N) is 1. The first kappa shape index (κ1) is 12.2. The Bertz CT molecular complexity index is 389. The van der Waals surface area contributed by atoms with Crippen LogP contribution in [-0.4, -0.2) is 30.1 Å². The second-order valence-electron chi connectivity index (χ2n) is 5.89. The lowest BCUT2D eigenvalue weighted by Crippen LogP contribution is -2.52. The lowest BCUT2D eigenvalue weighted by atomic mass is 10.0. The molecule has 2 heteroatoms. The molecule has 1 saturated carbocycles. The molecule has 1 aromatic carbocycles. The van der Waals surface area contributed by atoms with Crippen molar-refractivity contribution in [2.24, 2.45) is 5.92 Å². The second kappa shape index (κ2) is 5.02. The normalized spacial score (nSPS) is 36.6. The standard InChI is InChI=1S/C16H24N2/c1-3-13-9-16(13)18-11-15(17-10-12(18)2)14-7-5-4-6-8-14/h4-8,12-13,15-17H,3,9-11H2,1-2H3. The van der Waals surface area contributed by atoms with Crippen molar-refractivity contribution < 1.29 is 0 Å². The third-order valence-corrected chi connectivity index (χ3v) is 4.66. The zero-order chi connectivity index (χ0) is 12.5. The number of hydrogen-bond acceptors (Lipinski definition) is 2. The van der Waals surface area contributed by atoms with Crippen LogP contribution < -0.4 is 5.32 Å². The van der Waals surface area contributed by atoms with Gasteiger partial charge in [0.05, 0.1) is 0 Å². The third kappa shape index (κ3) is 2.32. The van der Waals surface area contributed by atoms with Crippen molar-refractivity contribution in [2.75, 3.05) is 13.1 Å². The third-order valence-electron chi connectivity index (χ3n) is 4.66. The molecule has 3 rings (SSSR count). The average Bonchev–Trinajstić information content (AvgIpc) is 3.20. The molecule has 18 heavy (non-hydrogen) atoms. The molecule has 1 aliphatic heterocycles. The summed E-state index contributed by atoms with van der Waals surface area (Å²) >= 11 is 0. The maximum atomic E-state index is 3.69. The minimum atomic E-state index is 0.514. The monoisotopic (exact) mass is 244 g/mol. The van der Waals surface area contributed by atoms with Gasteiger partial charge in [-0.3, -0.25) is 4.90 Å². The van der Waals surface area contributed by atoms with E-state index in [1.165, 1.54) is 24.9 Å². The van der Waals surface area contributed by atoms with Gasteiger partial charge in [0.25, 0.3) is 0 Å². The maximum Gasteiger partial charge on any atom is 0.0450 e. The molecule has 2 nitrogen and oxygen atoms in total. The highest BCUT2D eigenvalue weighted by Crippen LogP contribution is 2.40. The number of rotatable bonds is 3. The predicted octanol–water partition coefficient (Wildman–Crippen LogP) is 2.82. The van der Waals surface area contributed by atoms with Gasteiger partial charge in [-0.25, -0.2) is 0 Å². The van der Waals surface area contributed by atoms with Crippen LogP contribution in [0.25, 0.3) is 0 Å². The summed E-state index contributed by atoms with van der Waals surface area (Å²) in [4.78, 5) is 2.74. The Morgan fingerprint density at radius 2 is 2.06 bits per heavy atom. The fraction of sp³-hybridized carbons (Fsp3) is 0.625. The molecule has 0 spiro atoms. The van der Waals surface area contributed by atoms with Crippen LogP contribution in [-0.2, 0) is 0 Å². The maximum absolute atomic E-state index is 3.69. The molecule has 1 heterocycles. The molecular formula is C16H24N2. The van der Waals surface area contributed by atoms with Crippen LogP contribution in [0.4, 0.5) is 0 Å². The Morgan fingerprint density at radius 1 is 1.28 bits per heavy atom. The number of piperazine rings is 1. The Morgan fingerprint density at radius 3 is 2.72 bits per heavy atom. The zero-order valence-electron chi connectivity index (χ0n) is 11.5. The van der Waals surface area contributed by atoms with Gasteiger partial charge in [0.2, 0.25) is 0 Å². The zero-order valence-corrected chi connectivity index (χ0v) is 11.5. The van der Waals surface area contributed by atoms with E-state index in [9.17, 15) is 0 Å². The van der Waals surface area contributed by atoms with E-state index in [2.05, 4.69) is 54.4 Å². The van der Waals surface area contributed by atoms with E-state index in [0.717, 1.165) is 18.5 Å². The Balaban J connectivity index is 1.69. The molecule has 1 N–H and O–H groups in total. The highest BCUT2D eigenvalue weighted by molar-refractivity contribution is 5.20. The van der Waals surface area contributed by atoms with Gasteiger partial charge in [0.15, 0.2) is 0 Å². The van der Waals surface area contributed by atoms with E-state index in [1.807, 2.05) is 0 Å². The number of nitrogens with zero attached hydrogens (tertiary/aromatic N) is 1. The molecule has 4 unspecified atom stereocenters. The molecule has 1 aromatic rings. The molecule has 2 aliphatic rings. The fourth-order valence-corrected chi connectivity index (χ4v) is 3.33. The second-order valence-corrected chi connectivity index (χ2v) is 5.89. The summed E-state index contributed by atoms with van der Waals surface area (Å²) in [7, 11) is 0. The Kier molecular flexibility index (Phi) is 3.40. The first-order chi connectivity index (χ1) is 8.79. The van der Waals surface area contributed by atoms with Gasteiger partial charge in [-0.2, -0.15) is 0 Å². The van der Waals surface area contributed by atoms with Crippen molar-refractivity contribution in [1.82, 2.24) is 10.2 Å². The summed E-state index contributed by atoms with van der Waals surface area (Å²) in [6.07, 6.45) is 2.76. The minimum absolute atomic E-state index is 0.514. The van der Waals surface area contributed by atoms with E-state index < -0.39 is 0 Å². The van der Waals surface area contributed by atoms with Crippen LogP contribution in [0.2, 0.25) is 0 Å². The molecule has 0 amide bonds. The molecule has 4 atom stereocenters. The smallest absolute Gasteiger partial charge is 0.0450 e. The SMILES string of the molecule is CCC1CC1N1CC(c2ccccc2)NCC1C. The summed E-state index contributed by atoms with van der Waals surface area (Å²) in [5.74, 6) is 0.960. The molecule has 0 aromatic heterocycles. The van der Waals surface area contributed by atoms with Crippen molar-refractivity contribution in [3.8, 4) is 0 Å². The van der Waals surface area contributed by atoms with Gasteiger partial charge < -0.3 is 5.32 Å². The highest BCUT2D eigenvalue weighted by Gasteiger charge is 2.43. The van der Waals surface area contributed by atoms with Gasteiger partial charge in [-0.15, -0.1) is 0 Å². The predicted molar refractivity (Wildman–Crippen MR) is 75.5 cm³/mol. The molecule has 1 saturated heterocycles. The number of hydrogen-bond donors (Lipinski definition) is 1. The quantitative estimate of drug-likeness (QED) is 0.879. The van der Waals surface area contributed by atoms with Crippen LogP contribution >= 0.6 is 0 Å². The van der Waals surface area contributed by atoms with E-state index >= 15 is 0 Å². The van der Waals surface area contributed by atoms with Gasteiger partial charge in [-0.05, 0) is 24.8 Å². The largest absolute Gasteiger partial charge is 0.307 e. The van der Waals surface area contributed by atoms with E-state index in [1.54, 1.807) is 0 Å². The summed E-state index contributed by atoms with van der Waals surface area (Å²) in [6.45, 7) is 6.98.